The molecule has 0 bridgehead atoms. The van der Waals surface area contributed by atoms with E-state index in [4.69, 9.17) is 4.84 Å². The van der Waals surface area contributed by atoms with Crippen molar-refractivity contribution in [2.75, 3.05) is 7.11 Å². The molecule has 13 heavy (non-hydrogen) atoms. The first-order valence-electron chi connectivity index (χ1n) is 3.84. The minimum absolute atomic E-state index is 0.0936. The minimum Gasteiger partial charge on any atom is -0.417 e. The molecule has 0 aliphatic heterocycles. The van der Waals surface area contributed by atoms with Gasteiger partial charge in [0.15, 0.2) is 0 Å². The van der Waals surface area contributed by atoms with Crippen molar-refractivity contribution >= 4 is 11.0 Å². The quantitative estimate of drug-likeness (QED) is 0.633. The largest absolute Gasteiger partial charge is 0.417 e. The van der Waals surface area contributed by atoms with Crippen LogP contribution in [0, 0.1) is 0 Å². The van der Waals surface area contributed by atoms with Gasteiger partial charge in [0.05, 0.1) is 0 Å². The Morgan fingerprint density at radius 2 is 2.31 bits per heavy atom. The Morgan fingerprint density at radius 1 is 1.46 bits per heavy atom. The Morgan fingerprint density at radius 3 is 3.08 bits per heavy atom. The average molecular weight is 176 g/mol. The van der Waals surface area contributed by atoms with Gasteiger partial charge in [0.1, 0.15) is 18.1 Å². The third kappa shape index (κ3) is 1.16. The summed E-state index contributed by atoms with van der Waals surface area (Å²) in [6.07, 6.45) is 3.16. The lowest BCUT2D eigenvalue weighted by atomic mass is 10.3. The highest BCUT2D eigenvalue weighted by Crippen LogP contribution is 2.03. The molecule has 4 heteroatoms. The molecule has 0 amide bonds. The van der Waals surface area contributed by atoms with Crippen molar-refractivity contribution in [1.82, 2.24) is 9.71 Å². The fraction of sp³-hybridized carbons (Fsp3) is 0.111. The lowest BCUT2D eigenvalue weighted by molar-refractivity contribution is 0.177. The molecule has 2 heterocycles. The molecule has 4 nitrogen and oxygen atoms in total. The van der Waals surface area contributed by atoms with Gasteiger partial charge in [0, 0.05) is 18.5 Å². The molecule has 2 aromatic rings. The van der Waals surface area contributed by atoms with E-state index in [0.29, 0.717) is 11.0 Å². The summed E-state index contributed by atoms with van der Waals surface area (Å²) in [5.74, 6) is 0. The molecule has 0 saturated carbocycles. The van der Waals surface area contributed by atoms with Crippen LogP contribution in [0.15, 0.2) is 35.4 Å². The summed E-state index contributed by atoms with van der Waals surface area (Å²) in [5, 5.41) is 0. The van der Waals surface area contributed by atoms with E-state index >= 15 is 0 Å². The summed E-state index contributed by atoms with van der Waals surface area (Å²) < 4.78 is 1.50. The molecule has 2 aromatic heterocycles. The van der Waals surface area contributed by atoms with E-state index in [9.17, 15) is 4.79 Å². The number of hydrogen-bond donors (Lipinski definition) is 0. The first kappa shape index (κ1) is 7.79. The van der Waals surface area contributed by atoms with Gasteiger partial charge in [-0.25, -0.2) is 0 Å². The maximum Gasteiger partial charge on any atom is 0.208 e. The van der Waals surface area contributed by atoms with Gasteiger partial charge in [-0.3, -0.25) is 9.78 Å². The van der Waals surface area contributed by atoms with Crippen molar-refractivity contribution < 1.29 is 4.84 Å². The van der Waals surface area contributed by atoms with E-state index < -0.39 is 0 Å². The van der Waals surface area contributed by atoms with Crippen molar-refractivity contribution in [3.63, 3.8) is 0 Å². The Labute approximate surface area is 74.4 Å². The Bertz CT molecular complexity index is 490. The second kappa shape index (κ2) is 2.90. The zero-order valence-electron chi connectivity index (χ0n) is 7.10. The summed E-state index contributed by atoms with van der Waals surface area (Å²) in [6, 6.07) is 4.98. The molecule has 2 rings (SSSR count). The number of aromatic nitrogens is 2. The first-order chi connectivity index (χ1) is 6.33. The van der Waals surface area contributed by atoms with Gasteiger partial charge < -0.3 is 4.84 Å². The van der Waals surface area contributed by atoms with Crippen molar-refractivity contribution in [2.24, 2.45) is 0 Å². The molecule has 0 spiro atoms. The Balaban J connectivity index is 2.93. The van der Waals surface area contributed by atoms with Crippen LogP contribution in [0.5, 0.6) is 0 Å². The highest BCUT2D eigenvalue weighted by Gasteiger charge is 2.01. The Kier molecular flexibility index (Phi) is 1.73. The van der Waals surface area contributed by atoms with Gasteiger partial charge in [-0.2, -0.15) is 4.73 Å². The highest BCUT2D eigenvalue weighted by molar-refractivity contribution is 5.73. The van der Waals surface area contributed by atoms with Crippen molar-refractivity contribution in [3.8, 4) is 0 Å². The molecule has 0 saturated heterocycles. The van der Waals surface area contributed by atoms with Gasteiger partial charge in [-0.1, -0.05) is 0 Å². The second-order valence-corrected chi connectivity index (χ2v) is 2.56. The number of hydrogen-bond acceptors (Lipinski definition) is 3. The predicted molar refractivity (Wildman–Crippen MR) is 48.5 cm³/mol. The molecule has 0 N–H and O–H groups in total. The topological polar surface area (TPSA) is 44.1 Å². The highest BCUT2D eigenvalue weighted by atomic mass is 16.6. The van der Waals surface area contributed by atoms with Gasteiger partial charge >= 0.3 is 0 Å². The van der Waals surface area contributed by atoms with Crippen LogP contribution < -0.4 is 10.3 Å². The van der Waals surface area contributed by atoms with Crippen LogP contribution >= 0.6 is 0 Å². The molecule has 66 valence electrons. The monoisotopic (exact) mass is 176 g/mol. The molecule has 0 fully saturated rings. The third-order valence-electron chi connectivity index (χ3n) is 1.82. The maximum atomic E-state index is 11.3. The van der Waals surface area contributed by atoms with Crippen LogP contribution in [0.4, 0.5) is 0 Å². The van der Waals surface area contributed by atoms with Crippen LogP contribution in [-0.2, 0) is 0 Å². The zero-order chi connectivity index (χ0) is 9.26. The van der Waals surface area contributed by atoms with E-state index in [0.717, 1.165) is 0 Å². The minimum atomic E-state index is -0.0936. The first-order valence-corrected chi connectivity index (χ1v) is 3.84. The van der Waals surface area contributed by atoms with Gasteiger partial charge in [0.25, 0.3) is 0 Å². The van der Waals surface area contributed by atoms with E-state index in [1.165, 1.54) is 17.9 Å². The van der Waals surface area contributed by atoms with Gasteiger partial charge in [-0.15, -0.1) is 0 Å². The smallest absolute Gasteiger partial charge is 0.208 e. The number of pyridine rings is 2. The molecule has 0 aromatic carbocycles. The molecule has 0 atom stereocenters. The second-order valence-electron chi connectivity index (χ2n) is 2.56. The Hall–Kier alpha value is -1.84. The predicted octanol–water partition coefficient (Wildman–Crippen LogP) is 0.455. The average Bonchev–Trinajstić information content (AvgIpc) is 2.19. The standard InChI is InChI=1S/C9H8N2O2/c1-13-11-6-4-8(12)9-7(11)3-2-5-10-9/h2-6H,1H3. The summed E-state index contributed by atoms with van der Waals surface area (Å²) in [5.41, 5.74) is 1.01. The molecule has 0 aliphatic rings. The number of rotatable bonds is 1. The maximum absolute atomic E-state index is 11.3. The van der Waals surface area contributed by atoms with E-state index in [2.05, 4.69) is 4.98 Å². The summed E-state index contributed by atoms with van der Waals surface area (Å²) in [7, 11) is 1.54. The lowest BCUT2D eigenvalue weighted by Crippen LogP contribution is -2.13. The van der Waals surface area contributed by atoms with Crippen molar-refractivity contribution in [3.05, 3.63) is 40.8 Å². The normalized spacial score (nSPS) is 10.2. The number of nitrogens with zero attached hydrogens (tertiary/aromatic N) is 2. The molecular formula is C9H8N2O2. The van der Waals surface area contributed by atoms with Crippen LogP contribution in [-0.4, -0.2) is 16.8 Å². The summed E-state index contributed by atoms with van der Waals surface area (Å²) in [6.45, 7) is 0. The van der Waals surface area contributed by atoms with Crippen LogP contribution in [0.25, 0.3) is 11.0 Å². The third-order valence-corrected chi connectivity index (χ3v) is 1.82. The summed E-state index contributed by atoms with van der Waals surface area (Å²) in [4.78, 5) is 20.3. The van der Waals surface area contributed by atoms with Crippen LogP contribution in [0.1, 0.15) is 0 Å². The molecule has 0 aliphatic carbocycles. The van der Waals surface area contributed by atoms with Crippen molar-refractivity contribution in [1.29, 1.82) is 0 Å². The summed E-state index contributed by atoms with van der Waals surface area (Å²) >= 11 is 0. The fourth-order valence-electron chi connectivity index (χ4n) is 1.22. The lowest BCUT2D eigenvalue weighted by Gasteiger charge is -2.06. The SMILES string of the molecule is COn1ccc(=O)c2ncccc21. The molecule has 0 unspecified atom stereocenters. The van der Waals surface area contributed by atoms with E-state index in [1.807, 2.05) is 0 Å². The van der Waals surface area contributed by atoms with E-state index in [-0.39, 0.29) is 5.43 Å². The van der Waals surface area contributed by atoms with Crippen LogP contribution in [0.2, 0.25) is 0 Å². The molecule has 0 radical (unpaired) electrons. The zero-order valence-corrected chi connectivity index (χ0v) is 7.10. The van der Waals surface area contributed by atoms with Crippen molar-refractivity contribution in [2.45, 2.75) is 0 Å². The van der Waals surface area contributed by atoms with Gasteiger partial charge in [-0.05, 0) is 12.1 Å². The van der Waals surface area contributed by atoms with Crippen LogP contribution in [0.3, 0.4) is 0 Å². The fourth-order valence-corrected chi connectivity index (χ4v) is 1.22. The van der Waals surface area contributed by atoms with Gasteiger partial charge in [0.2, 0.25) is 5.43 Å². The molecular weight excluding hydrogens is 168 g/mol. The van der Waals surface area contributed by atoms with E-state index in [1.54, 1.807) is 24.5 Å². The number of fused-ring (bicyclic) bond motifs is 1.